The van der Waals surface area contributed by atoms with Crippen LogP contribution in [0.4, 0.5) is 0 Å². The number of hydrogen-bond acceptors (Lipinski definition) is 5. The molecule has 0 aromatic carbocycles. The normalized spacial score (nSPS) is 10.8. The lowest BCUT2D eigenvalue weighted by atomic mass is 10.2. The number of halogens is 2. The van der Waals surface area contributed by atoms with Crippen molar-refractivity contribution >= 4 is 52.1 Å². The molecule has 5 nitrogen and oxygen atoms in total. The molecule has 0 fully saturated rings. The highest BCUT2D eigenvalue weighted by atomic mass is 35.5. The first kappa shape index (κ1) is 13.7. The molecular weight excluding hydrogens is 317 g/mol. The van der Waals surface area contributed by atoms with Gasteiger partial charge < -0.3 is 0 Å². The van der Waals surface area contributed by atoms with Crippen LogP contribution in [0.15, 0.2) is 16.0 Å². The Morgan fingerprint density at radius 1 is 1.61 bits per heavy atom. The van der Waals surface area contributed by atoms with Crippen LogP contribution in [-0.2, 0) is 7.05 Å². The van der Waals surface area contributed by atoms with Crippen LogP contribution in [0.5, 0.6) is 0 Å². The Bertz CT molecular complexity index is 647. The Labute approximate surface area is 120 Å². The van der Waals surface area contributed by atoms with E-state index in [1.807, 2.05) is 0 Å². The quantitative estimate of drug-likeness (QED) is 0.693. The van der Waals surface area contributed by atoms with Crippen LogP contribution in [0.1, 0.15) is 10.4 Å². The maximum atomic E-state index is 11.9. The zero-order chi connectivity index (χ0) is 13.3. The van der Waals surface area contributed by atoms with Crippen LogP contribution in [0.25, 0.3) is 0 Å². The third-order valence-electron chi connectivity index (χ3n) is 2.13. The van der Waals surface area contributed by atoms with Gasteiger partial charge in [0.25, 0.3) is 0 Å². The summed E-state index contributed by atoms with van der Waals surface area (Å²) in [6.45, 7) is 0. The zero-order valence-corrected chi connectivity index (χ0v) is 12.2. The van der Waals surface area contributed by atoms with Crippen molar-refractivity contribution in [2.45, 2.75) is 5.16 Å². The molecule has 2 rings (SSSR count). The number of nitrogens with zero attached hydrogens (tertiary/aromatic N) is 2. The average Bonchev–Trinajstić information content (AvgIpc) is 2.81. The second kappa shape index (κ2) is 5.48. The first-order valence-electron chi connectivity index (χ1n) is 4.71. The van der Waals surface area contributed by atoms with Gasteiger partial charge in [0.1, 0.15) is 4.34 Å². The van der Waals surface area contributed by atoms with Crippen molar-refractivity contribution in [1.29, 1.82) is 0 Å². The number of H-pyrrole nitrogens is 1. The topological polar surface area (TPSA) is 67.8 Å². The van der Waals surface area contributed by atoms with Crippen molar-refractivity contribution in [2.24, 2.45) is 7.05 Å². The van der Waals surface area contributed by atoms with Crippen LogP contribution in [0.3, 0.4) is 0 Å². The molecule has 0 aliphatic carbocycles. The number of nitrogens with one attached hydrogen (secondary N) is 1. The third kappa shape index (κ3) is 2.80. The summed E-state index contributed by atoms with van der Waals surface area (Å²) in [6.07, 6.45) is 0. The predicted molar refractivity (Wildman–Crippen MR) is 73.2 cm³/mol. The van der Waals surface area contributed by atoms with Gasteiger partial charge in [0.15, 0.2) is 10.9 Å². The van der Waals surface area contributed by atoms with Gasteiger partial charge in [-0.3, -0.25) is 9.36 Å². The van der Waals surface area contributed by atoms with Gasteiger partial charge in [-0.05, 0) is 6.07 Å². The van der Waals surface area contributed by atoms with Gasteiger partial charge in [-0.2, -0.15) is 0 Å². The van der Waals surface area contributed by atoms with E-state index in [0.29, 0.717) is 19.4 Å². The summed E-state index contributed by atoms with van der Waals surface area (Å²) in [5.74, 6) is -0.00568. The first-order chi connectivity index (χ1) is 8.49. The smallest absolute Gasteiger partial charge is 0.293 e. The Balaban J connectivity index is 2.07. The molecule has 0 aliphatic heterocycles. The number of ketones is 1. The molecule has 2 aromatic heterocycles. The van der Waals surface area contributed by atoms with Gasteiger partial charge >= 0.3 is 5.69 Å². The molecule has 0 unspecified atom stereocenters. The molecule has 2 aromatic rings. The van der Waals surface area contributed by atoms with Crippen molar-refractivity contribution in [3.63, 3.8) is 0 Å². The van der Waals surface area contributed by atoms with E-state index in [2.05, 4.69) is 10.2 Å². The number of rotatable bonds is 4. The largest absolute Gasteiger partial charge is 0.343 e. The van der Waals surface area contributed by atoms with E-state index >= 15 is 0 Å². The highest BCUT2D eigenvalue weighted by Gasteiger charge is 2.16. The van der Waals surface area contributed by atoms with E-state index in [4.69, 9.17) is 23.2 Å². The van der Waals surface area contributed by atoms with Crippen molar-refractivity contribution in [3.05, 3.63) is 30.8 Å². The van der Waals surface area contributed by atoms with Gasteiger partial charge in [0.2, 0.25) is 0 Å². The molecule has 18 heavy (non-hydrogen) atoms. The van der Waals surface area contributed by atoms with E-state index in [1.54, 1.807) is 13.1 Å². The number of carbonyl (C=O) groups excluding carboxylic acids is 1. The Morgan fingerprint density at radius 2 is 2.33 bits per heavy atom. The molecule has 1 N–H and O–H groups in total. The molecule has 0 saturated carbocycles. The molecule has 0 bridgehead atoms. The van der Waals surface area contributed by atoms with E-state index < -0.39 is 0 Å². The van der Waals surface area contributed by atoms with Gasteiger partial charge in [-0.1, -0.05) is 35.0 Å². The van der Waals surface area contributed by atoms with E-state index in [9.17, 15) is 9.59 Å². The van der Waals surface area contributed by atoms with Crippen molar-refractivity contribution < 1.29 is 4.79 Å². The molecule has 0 amide bonds. The standard InChI is InChI=1S/C9H7Cl2N3O2S2/c1-14-8(16)12-13-9(14)17-3-5(15)4-2-6(10)18-7(4)11/h2H,3H2,1H3,(H,12,16). The SMILES string of the molecule is Cn1c(SCC(=O)c2cc(Cl)sc2Cl)n[nH]c1=O. The molecule has 0 spiro atoms. The number of thioether (sulfide) groups is 1. The highest BCUT2D eigenvalue weighted by Crippen LogP contribution is 2.32. The number of aromatic nitrogens is 3. The summed E-state index contributed by atoms with van der Waals surface area (Å²) in [7, 11) is 1.58. The first-order valence-corrected chi connectivity index (χ1v) is 7.27. The van der Waals surface area contributed by atoms with Gasteiger partial charge in [-0.25, -0.2) is 9.89 Å². The van der Waals surface area contributed by atoms with Crippen LogP contribution >= 0.6 is 46.3 Å². The fraction of sp³-hybridized carbons (Fsp3) is 0.222. The third-order valence-corrected chi connectivity index (χ3v) is 4.65. The summed E-state index contributed by atoms with van der Waals surface area (Å²) in [5, 5.41) is 6.53. The van der Waals surface area contributed by atoms with Crippen molar-refractivity contribution in [3.8, 4) is 0 Å². The molecule has 0 aliphatic rings. The summed E-state index contributed by atoms with van der Waals surface area (Å²) >= 11 is 14.0. The van der Waals surface area contributed by atoms with Crippen LogP contribution in [0, 0.1) is 0 Å². The summed E-state index contributed by atoms with van der Waals surface area (Å²) in [5.41, 5.74) is 0.0845. The summed E-state index contributed by atoms with van der Waals surface area (Å²) in [4.78, 5) is 23.0. The lowest BCUT2D eigenvalue weighted by molar-refractivity contribution is 0.102. The number of aromatic amines is 1. The minimum absolute atomic E-state index is 0.144. The molecule has 0 radical (unpaired) electrons. The number of carbonyl (C=O) groups is 1. The number of hydrogen-bond donors (Lipinski definition) is 1. The fourth-order valence-corrected chi connectivity index (χ4v) is 3.50. The lowest BCUT2D eigenvalue weighted by Crippen LogP contribution is -2.13. The Morgan fingerprint density at radius 3 is 2.83 bits per heavy atom. The molecular formula is C9H7Cl2N3O2S2. The molecule has 9 heteroatoms. The van der Waals surface area contributed by atoms with Crippen LogP contribution in [-0.4, -0.2) is 26.3 Å². The molecule has 2 heterocycles. The lowest BCUT2D eigenvalue weighted by Gasteiger charge is -1.99. The maximum absolute atomic E-state index is 11.9. The molecule has 0 saturated heterocycles. The Hall–Kier alpha value is -0.760. The predicted octanol–water partition coefficient (Wildman–Crippen LogP) is 2.45. The Kier molecular flexibility index (Phi) is 4.16. The fourth-order valence-electron chi connectivity index (χ4n) is 1.20. The van der Waals surface area contributed by atoms with Crippen molar-refractivity contribution in [1.82, 2.24) is 14.8 Å². The van der Waals surface area contributed by atoms with Gasteiger partial charge in [0.05, 0.1) is 10.1 Å². The monoisotopic (exact) mass is 323 g/mol. The number of thiophene rings is 1. The minimum atomic E-state index is -0.318. The minimum Gasteiger partial charge on any atom is -0.293 e. The highest BCUT2D eigenvalue weighted by molar-refractivity contribution is 7.99. The molecule has 0 atom stereocenters. The second-order valence-corrected chi connectivity index (χ2v) is 6.55. The average molecular weight is 324 g/mol. The second-order valence-electron chi connectivity index (χ2n) is 3.32. The van der Waals surface area contributed by atoms with Crippen LogP contribution < -0.4 is 5.69 Å². The van der Waals surface area contributed by atoms with Crippen molar-refractivity contribution in [2.75, 3.05) is 5.75 Å². The molecule has 96 valence electrons. The summed E-state index contributed by atoms with van der Waals surface area (Å²) in [6, 6.07) is 1.54. The zero-order valence-electron chi connectivity index (χ0n) is 9.07. The van der Waals surface area contributed by atoms with Crippen LogP contribution in [0.2, 0.25) is 8.67 Å². The van der Waals surface area contributed by atoms with E-state index in [-0.39, 0.29) is 17.2 Å². The summed E-state index contributed by atoms with van der Waals surface area (Å²) < 4.78 is 2.18. The maximum Gasteiger partial charge on any atom is 0.343 e. The van der Waals surface area contributed by atoms with E-state index in [1.165, 1.54) is 4.57 Å². The van der Waals surface area contributed by atoms with Gasteiger partial charge in [0, 0.05) is 12.6 Å². The van der Waals surface area contributed by atoms with Gasteiger partial charge in [-0.15, -0.1) is 16.4 Å². The number of Topliss-reactive ketones (excluding diaryl/α,β-unsaturated/α-hetero) is 1. The van der Waals surface area contributed by atoms with E-state index in [0.717, 1.165) is 23.1 Å².